The number of rotatable bonds is 5. The molecule has 1 saturated heterocycles. The maximum Gasteiger partial charge on any atom is 0.416 e. The van der Waals surface area contributed by atoms with Crippen LogP contribution >= 0.6 is 11.6 Å². The quantitative estimate of drug-likeness (QED) is 0.455. The van der Waals surface area contributed by atoms with E-state index in [1.165, 1.54) is 18.5 Å². The fourth-order valence-electron chi connectivity index (χ4n) is 4.23. The minimum absolute atomic E-state index is 0.204. The molecular formula is C25H24ClF3N4O. The minimum atomic E-state index is -4.39. The van der Waals surface area contributed by atoms with Crippen molar-refractivity contribution in [3.05, 3.63) is 94.0 Å². The lowest BCUT2D eigenvalue weighted by Gasteiger charge is -2.28. The van der Waals surface area contributed by atoms with Crippen LogP contribution in [0.25, 0.3) is 0 Å². The van der Waals surface area contributed by atoms with Crippen molar-refractivity contribution in [2.75, 3.05) is 6.54 Å². The van der Waals surface area contributed by atoms with Crippen LogP contribution in [0.1, 0.15) is 59.8 Å². The summed E-state index contributed by atoms with van der Waals surface area (Å²) < 4.78 is 38.5. The Bertz CT molecular complexity index is 1140. The van der Waals surface area contributed by atoms with Crippen LogP contribution in [0, 0.1) is 0 Å². The third-order valence-electron chi connectivity index (χ3n) is 6.04. The molecule has 9 heteroatoms. The second kappa shape index (κ2) is 10.0. The van der Waals surface area contributed by atoms with Gasteiger partial charge >= 0.3 is 12.2 Å². The standard InChI is InChI=1S/C25H24ClF3N4O/c1-16(18-6-8-20(9-7-18)25(27,28)29)32-24(34)33-12-2-3-22(33)23-19(14-30-15-31-23)13-17-4-10-21(26)11-5-17/h4-11,14-16,22H,2-3,12-13H2,1H3,(H,32,34)/t16-,22+/m0/s1. The average molecular weight is 489 g/mol. The van der Waals surface area contributed by atoms with Crippen LogP contribution in [-0.2, 0) is 12.6 Å². The van der Waals surface area contributed by atoms with Gasteiger partial charge in [0, 0.05) is 24.2 Å². The average Bonchev–Trinajstić information content (AvgIpc) is 3.30. The molecule has 0 spiro atoms. The van der Waals surface area contributed by atoms with Gasteiger partial charge in [-0.2, -0.15) is 13.2 Å². The molecule has 3 aromatic rings. The lowest BCUT2D eigenvalue weighted by molar-refractivity contribution is -0.137. The minimum Gasteiger partial charge on any atom is -0.331 e. The Hall–Kier alpha value is -3.13. The fourth-order valence-corrected chi connectivity index (χ4v) is 4.36. The molecular weight excluding hydrogens is 465 g/mol. The van der Waals surface area contributed by atoms with Crippen LogP contribution in [0.5, 0.6) is 0 Å². The highest BCUT2D eigenvalue weighted by molar-refractivity contribution is 6.30. The Balaban J connectivity index is 1.48. The summed E-state index contributed by atoms with van der Waals surface area (Å²) in [5.74, 6) is 0. The van der Waals surface area contributed by atoms with Crippen molar-refractivity contribution in [3.63, 3.8) is 0 Å². The van der Waals surface area contributed by atoms with E-state index >= 15 is 0 Å². The van der Waals surface area contributed by atoms with Crippen LogP contribution in [0.4, 0.5) is 18.0 Å². The molecule has 1 N–H and O–H groups in total. The van der Waals surface area contributed by atoms with Gasteiger partial charge in [-0.1, -0.05) is 35.9 Å². The molecule has 0 unspecified atom stereocenters. The molecule has 4 rings (SSSR count). The normalized spacial score (nSPS) is 17.0. The first-order valence-corrected chi connectivity index (χ1v) is 11.4. The van der Waals surface area contributed by atoms with E-state index in [2.05, 4.69) is 15.3 Å². The van der Waals surface area contributed by atoms with E-state index in [-0.39, 0.29) is 12.1 Å². The summed E-state index contributed by atoms with van der Waals surface area (Å²) in [6.45, 7) is 2.32. The molecule has 34 heavy (non-hydrogen) atoms. The van der Waals surface area contributed by atoms with Crippen molar-refractivity contribution in [3.8, 4) is 0 Å². The third-order valence-corrected chi connectivity index (χ3v) is 6.29. The molecule has 0 radical (unpaired) electrons. The van der Waals surface area contributed by atoms with Crippen molar-refractivity contribution in [2.24, 2.45) is 0 Å². The molecule has 2 amide bonds. The highest BCUT2D eigenvalue weighted by atomic mass is 35.5. The monoisotopic (exact) mass is 488 g/mol. The second-order valence-electron chi connectivity index (χ2n) is 8.38. The largest absolute Gasteiger partial charge is 0.416 e. The summed E-state index contributed by atoms with van der Waals surface area (Å²) in [4.78, 5) is 23.6. The first kappa shape index (κ1) is 24.0. The van der Waals surface area contributed by atoms with E-state index in [1.807, 2.05) is 24.3 Å². The Labute approximate surface area is 201 Å². The summed E-state index contributed by atoms with van der Waals surface area (Å²) in [6, 6.07) is 11.5. The van der Waals surface area contributed by atoms with E-state index in [4.69, 9.17) is 11.6 Å². The Morgan fingerprint density at radius 2 is 1.88 bits per heavy atom. The number of alkyl halides is 3. The zero-order chi connectivity index (χ0) is 24.3. The summed E-state index contributed by atoms with van der Waals surface area (Å²) >= 11 is 5.99. The fraction of sp³-hybridized carbons (Fsp3) is 0.320. The number of aromatic nitrogens is 2. The number of carbonyl (C=O) groups is 1. The number of benzene rings is 2. The van der Waals surface area contributed by atoms with Crippen molar-refractivity contribution in [1.82, 2.24) is 20.2 Å². The Morgan fingerprint density at radius 3 is 2.56 bits per heavy atom. The maximum atomic E-state index is 13.1. The maximum absolute atomic E-state index is 13.1. The zero-order valence-electron chi connectivity index (χ0n) is 18.5. The van der Waals surface area contributed by atoms with E-state index < -0.39 is 17.8 Å². The van der Waals surface area contributed by atoms with Crippen LogP contribution in [0.15, 0.2) is 61.1 Å². The molecule has 1 aromatic heterocycles. The van der Waals surface area contributed by atoms with Gasteiger partial charge < -0.3 is 10.2 Å². The number of amides is 2. The van der Waals surface area contributed by atoms with Gasteiger partial charge in [-0.05, 0) is 60.7 Å². The molecule has 2 aromatic carbocycles. The van der Waals surface area contributed by atoms with Gasteiger partial charge in [-0.3, -0.25) is 0 Å². The molecule has 1 aliphatic heterocycles. The Kier molecular flexibility index (Phi) is 7.07. The van der Waals surface area contributed by atoms with Gasteiger partial charge in [0.25, 0.3) is 0 Å². The SMILES string of the molecule is C[C@H](NC(=O)N1CCC[C@@H]1c1ncncc1Cc1ccc(Cl)cc1)c1ccc(C(F)(F)F)cc1. The number of halogens is 4. The molecule has 5 nitrogen and oxygen atoms in total. The highest BCUT2D eigenvalue weighted by Gasteiger charge is 2.33. The highest BCUT2D eigenvalue weighted by Crippen LogP contribution is 2.34. The number of nitrogens with one attached hydrogen (secondary N) is 1. The van der Waals surface area contributed by atoms with E-state index in [9.17, 15) is 18.0 Å². The van der Waals surface area contributed by atoms with E-state index in [0.717, 1.165) is 41.8 Å². The van der Waals surface area contributed by atoms with Crippen molar-refractivity contribution in [1.29, 1.82) is 0 Å². The van der Waals surface area contributed by atoms with Gasteiger partial charge in [-0.25, -0.2) is 14.8 Å². The number of urea groups is 1. The van der Waals surface area contributed by atoms with Crippen LogP contribution < -0.4 is 5.32 Å². The van der Waals surface area contributed by atoms with Gasteiger partial charge in [0.15, 0.2) is 0 Å². The molecule has 0 saturated carbocycles. The lowest BCUT2D eigenvalue weighted by atomic mass is 10.00. The number of nitrogens with zero attached hydrogens (tertiary/aromatic N) is 3. The molecule has 2 atom stereocenters. The first-order chi connectivity index (χ1) is 16.2. The number of likely N-dealkylation sites (tertiary alicyclic amines) is 1. The van der Waals surface area contributed by atoms with Gasteiger partial charge in [0.2, 0.25) is 0 Å². The predicted octanol–water partition coefficient (Wildman–Crippen LogP) is 6.35. The van der Waals surface area contributed by atoms with Crippen LogP contribution in [0.3, 0.4) is 0 Å². The summed E-state index contributed by atoms with van der Waals surface area (Å²) in [5.41, 5.74) is 2.68. The topological polar surface area (TPSA) is 58.1 Å². The van der Waals surface area contributed by atoms with Gasteiger partial charge in [0.1, 0.15) is 6.33 Å². The molecule has 1 fully saturated rings. The summed E-state index contributed by atoms with van der Waals surface area (Å²) in [6.07, 6.45) is 1.08. The van der Waals surface area contributed by atoms with E-state index in [1.54, 1.807) is 18.0 Å². The summed E-state index contributed by atoms with van der Waals surface area (Å²) in [5, 5.41) is 3.58. The van der Waals surface area contributed by atoms with Crippen molar-refractivity contribution < 1.29 is 18.0 Å². The summed E-state index contributed by atoms with van der Waals surface area (Å²) in [7, 11) is 0. The molecule has 1 aliphatic rings. The zero-order valence-corrected chi connectivity index (χ0v) is 19.3. The van der Waals surface area contributed by atoms with E-state index in [0.29, 0.717) is 23.6 Å². The van der Waals surface area contributed by atoms with Crippen molar-refractivity contribution in [2.45, 2.75) is 44.4 Å². The first-order valence-electron chi connectivity index (χ1n) is 11.0. The smallest absolute Gasteiger partial charge is 0.331 e. The van der Waals surface area contributed by atoms with Crippen molar-refractivity contribution >= 4 is 17.6 Å². The second-order valence-corrected chi connectivity index (χ2v) is 8.82. The molecule has 0 aliphatic carbocycles. The van der Waals surface area contributed by atoms with Crippen LogP contribution in [0.2, 0.25) is 5.02 Å². The molecule has 2 heterocycles. The van der Waals surface area contributed by atoms with Gasteiger partial charge in [-0.15, -0.1) is 0 Å². The number of hydrogen-bond acceptors (Lipinski definition) is 3. The number of carbonyl (C=O) groups excluding carboxylic acids is 1. The third kappa shape index (κ3) is 5.50. The van der Waals surface area contributed by atoms with Gasteiger partial charge in [0.05, 0.1) is 23.3 Å². The molecule has 178 valence electrons. The Morgan fingerprint density at radius 1 is 1.18 bits per heavy atom. The number of hydrogen-bond donors (Lipinski definition) is 1. The molecule has 0 bridgehead atoms. The lowest BCUT2D eigenvalue weighted by Crippen LogP contribution is -2.41. The predicted molar refractivity (Wildman–Crippen MR) is 123 cm³/mol. The van der Waals surface area contributed by atoms with Crippen LogP contribution in [-0.4, -0.2) is 27.4 Å².